The molecule has 0 aromatic heterocycles. The first-order valence-electron chi connectivity index (χ1n) is 5.98. The summed E-state index contributed by atoms with van der Waals surface area (Å²) in [7, 11) is 0. The Labute approximate surface area is 98.2 Å². The molecule has 0 saturated heterocycles. The second-order valence-corrected chi connectivity index (χ2v) is 4.70. The molecule has 0 fully saturated rings. The van der Waals surface area contributed by atoms with Crippen molar-refractivity contribution in [3.63, 3.8) is 0 Å². The Kier molecular flexibility index (Phi) is 6.77. The van der Waals surface area contributed by atoms with Crippen LogP contribution < -0.4 is 10.6 Å². The molecule has 0 aliphatic carbocycles. The zero-order valence-corrected chi connectivity index (χ0v) is 11.0. The van der Waals surface area contributed by atoms with Gasteiger partial charge in [0.2, 0.25) is 11.8 Å². The monoisotopic (exact) mass is 228 g/mol. The minimum Gasteiger partial charge on any atom is -0.352 e. The molecule has 4 nitrogen and oxygen atoms in total. The molecule has 0 saturated carbocycles. The van der Waals surface area contributed by atoms with Crippen LogP contribution in [0.1, 0.15) is 47.5 Å². The van der Waals surface area contributed by atoms with Gasteiger partial charge in [-0.1, -0.05) is 20.8 Å². The quantitative estimate of drug-likeness (QED) is 0.723. The highest BCUT2D eigenvalue weighted by atomic mass is 16.2. The van der Waals surface area contributed by atoms with Crippen molar-refractivity contribution < 1.29 is 9.59 Å². The molecule has 0 radical (unpaired) electrons. The van der Waals surface area contributed by atoms with E-state index < -0.39 is 6.04 Å². The second-order valence-electron chi connectivity index (χ2n) is 4.70. The normalized spacial score (nSPS) is 12.7. The summed E-state index contributed by atoms with van der Waals surface area (Å²) in [5.41, 5.74) is 0. The second kappa shape index (κ2) is 7.25. The summed E-state index contributed by atoms with van der Waals surface area (Å²) in [4.78, 5) is 23.3. The number of nitrogens with one attached hydrogen (secondary N) is 2. The van der Waals surface area contributed by atoms with E-state index in [9.17, 15) is 9.59 Å². The van der Waals surface area contributed by atoms with E-state index in [4.69, 9.17) is 0 Å². The average Bonchev–Trinajstić information content (AvgIpc) is 2.12. The molecule has 0 spiro atoms. The first-order valence-corrected chi connectivity index (χ1v) is 5.98. The first kappa shape index (κ1) is 14.9. The van der Waals surface area contributed by atoms with Crippen molar-refractivity contribution in [1.82, 2.24) is 10.6 Å². The van der Waals surface area contributed by atoms with Gasteiger partial charge in [-0.05, 0) is 26.2 Å². The van der Waals surface area contributed by atoms with Crippen LogP contribution >= 0.6 is 0 Å². The Balaban J connectivity index is 4.38. The van der Waals surface area contributed by atoms with Crippen molar-refractivity contribution >= 4 is 11.8 Å². The smallest absolute Gasteiger partial charge is 0.243 e. The van der Waals surface area contributed by atoms with Crippen LogP contribution in [0, 0.1) is 5.92 Å². The van der Waals surface area contributed by atoms with Crippen LogP contribution in [0.3, 0.4) is 0 Å². The largest absolute Gasteiger partial charge is 0.352 e. The number of hydrogen-bond donors (Lipinski definition) is 2. The molecular formula is C12H24N2O2. The van der Waals surface area contributed by atoms with Gasteiger partial charge in [0.1, 0.15) is 6.04 Å². The fourth-order valence-electron chi connectivity index (χ4n) is 1.38. The maximum absolute atomic E-state index is 11.8. The van der Waals surface area contributed by atoms with Crippen molar-refractivity contribution in [1.29, 1.82) is 0 Å². The summed E-state index contributed by atoms with van der Waals surface area (Å²) in [5.74, 6) is -0.0610. The van der Waals surface area contributed by atoms with E-state index in [0.717, 1.165) is 6.42 Å². The summed E-state index contributed by atoms with van der Waals surface area (Å²) >= 11 is 0. The molecule has 0 aromatic rings. The molecule has 0 aromatic carbocycles. The zero-order valence-electron chi connectivity index (χ0n) is 11.0. The van der Waals surface area contributed by atoms with Crippen LogP contribution in [0.5, 0.6) is 0 Å². The van der Waals surface area contributed by atoms with Crippen molar-refractivity contribution in [2.45, 2.75) is 59.5 Å². The standard InChI is InChI=1S/C12H24N2O2/c1-6-7-10(15)14-11(8(2)3)12(16)13-9(4)5/h8-9,11H,6-7H2,1-5H3,(H,13,16)(H,14,15). The molecule has 94 valence electrons. The van der Waals surface area contributed by atoms with E-state index in [1.54, 1.807) is 0 Å². The number of amides is 2. The Morgan fingerprint density at radius 3 is 2.00 bits per heavy atom. The van der Waals surface area contributed by atoms with E-state index >= 15 is 0 Å². The van der Waals surface area contributed by atoms with Crippen LogP contribution in [0.25, 0.3) is 0 Å². The highest BCUT2D eigenvalue weighted by molar-refractivity contribution is 5.87. The Morgan fingerprint density at radius 1 is 1.06 bits per heavy atom. The molecule has 1 atom stereocenters. The van der Waals surface area contributed by atoms with Gasteiger partial charge in [0, 0.05) is 12.5 Å². The molecule has 2 amide bonds. The van der Waals surface area contributed by atoms with Crippen LogP contribution in [0.2, 0.25) is 0 Å². The van der Waals surface area contributed by atoms with Gasteiger partial charge in [-0.2, -0.15) is 0 Å². The van der Waals surface area contributed by atoms with Crippen molar-refractivity contribution in [2.75, 3.05) is 0 Å². The number of rotatable bonds is 6. The Morgan fingerprint density at radius 2 is 1.62 bits per heavy atom. The Hall–Kier alpha value is -1.06. The number of hydrogen-bond acceptors (Lipinski definition) is 2. The van der Waals surface area contributed by atoms with Crippen LogP contribution in [-0.2, 0) is 9.59 Å². The van der Waals surface area contributed by atoms with E-state index in [1.807, 2.05) is 34.6 Å². The van der Waals surface area contributed by atoms with E-state index in [2.05, 4.69) is 10.6 Å². The van der Waals surface area contributed by atoms with Crippen molar-refractivity contribution in [3.05, 3.63) is 0 Å². The third-order valence-electron chi connectivity index (χ3n) is 2.17. The van der Waals surface area contributed by atoms with Gasteiger partial charge in [-0.25, -0.2) is 0 Å². The predicted octanol–water partition coefficient (Wildman–Crippen LogP) is 1.45. The highest BCUT2D eigenvalue weighted by Crippen LogP contribution is 2.03. The summed E-state index contributed by atoms with van der Waals surface area (Å²) < 4.78 is 0. The summed E-state index contributed by atoms with van der Waals surface area (Å²) in [6.45, 7) is 9.61. The zero-order chi connectivity index (χ0) is 12.7. The fourth-order valence-corrected chi connectivity index (χ4v) is 1.38. The fraction of sp³-hybridized carbons (Fsp3) is 0.833. The number of carbonyl (C=O) groups excluding carboxylic acids is 2. The summed E-state index contributed by atoms with van der Waals surface area (Å²) in [6.07, 6.45) is 1.26. The van der Waals surface area contributed by atoms with Crippen LogP contribution in [-0.4, -0.2) is 23.9 Å². The van der Waals surface area contributed by atoms with Crippen LogP contribution in [0.15, 0.2) is 0 Å². The maximum Gasteiger partial charge on any atom is 0.243 e. The third-order valence-corrected chi connectivity index (χ3v) is 2.17. The maximum atomic E-state index is 11.8. The third kappa shape index (κ3) is 5.73. The average molecular weight is 228 g/mol. The lowest BCUT2D eigenvalue weighted by Crippen LogP contribution is -2.51. The number of carbonyl (C=O) groups is 2. The van der Waals surface area contributed by atoms with E-state index in [0.29, 0.717) is 6.42 Å². The molecule has 0 heterocycles. The first-order chi connectivity index (χ1) is 7.38. The predicted molar refractivity (Wildman–Crippen MR) is 65.0 cm³/mol. The molecule has 1 unspecified atom stereocenters. The van der Waals surface area contributed by atoms with Crippen molar-refractivity contribution in [2.24, 2.45) is 5.92 Å². The van der Waals surface area contributed by atoms with Gasteiger partial charge >= 0.3 is 0 Å². The molecule has 0 aliphatic heterocycles. The van der Waals surface area contributed by atoms with Gasteiger partial charge in [-0.3, -0.25) is 9.59 Å². The highest BCUT2D eigenvalue weighted by Gasteiger charge is 2.23. The lowest BCUT2D eigenvalue weighted by atomic mass is 10.0. The lowest BCUT2D eigenvalue weighted by Gasteiger charge is -2.22. The minimum absolute atomic E-state index is 0.0555. The van der Waals surface area contributed by atoms with Gasteiger partial charge < -0.3 is 10.6 Å². The lowest BCUT2D eigenvalue weighted by molar-refractivity contribution is -0.130. The van der Waals surface area contributed by atoms with Gasteiger partial charge in [0.25, 0.3) is 0 Å². The molecule has 0 bridgehead atoms. The van der Waals surface area contributed by atoms with Gasteiger partial charge in [0.05, 0.1) is 0 Å². The Bertz CT molecular complexity index is 237. The van der Waals surface area contributed by atoms with Gasteiger partial charge in [0.15, 0.2) is 0 Å². The minimum atomic E-state index is -0.429. The van der Waals surface area contributed by atoms with Gasteiger partial charge in [-0.15, -0.1) is 0 Å². The summed E-state index contributed by atoms with van der Waals surface area (Å²) in [5, 5.41) is 5.59. The van der Waals surface area contributed by atoms with Crippen LogP contribution in [0.4, 0.5) is 0 Å². The van der Waals surface area contributed by atoms with E-state index in [-0.39, 0.29) is 23.8 Å². The topological polar surface area (TPSA) is 58.2 Å². The SMILES string of the molecule is CCCC(=O)NC(C(=O)NC(C)C)C(C)C. The molecular weight excluding hydrogens is 204 g/mol. The summed E-state index contributed by atoms with van der Waals surface area (Å²) in [6, 6.07) is -0.335. The molecule has 4 heteroatoms. The molecule has 16 heavy (non-hydrogen) atoms. The molecule has 0 aliphatic rings. The molecule has 2 N–H and O–H groups in total. The van der Waals surface area contributed by atoms with E-state index in [1.165, 1.54) is 0 Å². The van der Waals surface area contributed by atoms with Crippen molar-refractivity contribution in [3.8, 4) is 0 Å². The molecule has 0 rings (SSSR count).